The molecule has 1 aromatic rings. The number of aromatic hydroxyl groups is 1. The van der Waals surface area contributed by atoms with E-state index in [4.69, 9.17) is 9.47 Å². The Labute approximate surface area is 112 Å². The minimum Gasteiger partial charge on any atom is -0.504 e. The zero-order valence-electron chi connectivity index (χ0n) is 11.0. The fourth-order valence-electron chi connectivity index (χ4n) is 2.60. The summed E-state index contributed by atoms with van der Waals surface area (Å²) in [6, 6.07) is 5.82. The molecule has 2 atom stereocenters. The van der Waals surface area contributed by atoms with Gasteiger partial charge in [0.25, 0.3) is 0 Å². The number of rotatable bonds is 4. The van der Waals surface area contributed by atoms with Gasteiger partial charge in [0.2, 0.25) is 0 Å². The second-order valence-electron chi connectivity index (χ2n) is 5.15. The molecule has 3 rings (SSSR count). The maximum Gasteiger partial charge on any atom is 0.160 e. The van der Waals surface area contributed by atoms with Gasteiger partial charge in [-0.1, -0.05) is 6.07 Å². The first-order valence-corrected chi connectivity index (χ1v) is 6.62. The van der Waals surface area contributed by atoms with Crippen LogP contribution in [0.5, 0.6) is 11.5 Å². The predicted octanol–water partition coefficient (Wildman–Crippen LogP) is 1.25. The molecule has 0 aromatic heterocycles. The topological polar surface area (TPSA) is 62.2 Å². The summed E-state index contributed by atoms with van der Waals surface area (Å²) in [7, 11) is 1.53. The van der Waals surface area contributed by atoms with Gasteiger partial charge in [-0.15, -0.1) is 0 Å². The first-order valence-electron chi connectivity index (χ1n) is 6.62. The molecule has 1 aromatic carbocycles. The first-order chi connectivity index (χ1) is 9.22. The maximum absolute atomic E-state index is 9.64. The van der Waals surface area contributed by atoms with Crippen LogP contribution in [-0.4, -0.2) is 47.5 Å². The van der Waals surface area contributed by atoms with Crippen molar-refractivity contribution in [3.8, 4) is 11.5 Å². The molecule has 1 saturated heterocycles. The minimum absolute atomic E-state index is 0.0366. The fourth-order valence-corrected chi connectivity index (χ4v) is 2.60. The van der Waals surface area contributed by atoms with Crippen LogP contribution in [0.3, 0.4) is 0 Å². The Morgan fingerprint density at radius 3 is 2.84 bits per heavy atom. The van der Waals surface area contributed by atoms with Crippen LogP contribution in [0, 0.1) is 0 Å². The fraction of sp³-hybridized carbons (Fsp3) is 0.571. The normalized spacial score (nSPS) is 27.7. The van der Waals surface area contributed by atoms with E-state index in [1.807, 2.05) is 6.07 Å². The second-order valence-corrected chi connectivity index (χ2v) is 5.15. The zero-order valence-corrected chi connectivity index (χ0v) is 11.0. The number of aliphatic hydroxyl groups is 1. The van der Waals surface area contributed by atoms with E-state index >= 15 is 0 Å². The van der Waals surface area contributed by atoms with Crippen molar-refractivity contribution in [3.05, 3.63) is 23.8 Å². The summed E-state index contributed by atoms with van der Waals surface area (Å²) < 4.78 is 11.0. The number of phenols is 1. The first kappa shape index (κ1) is 12.7. The molecular weight excluding hydrogens is 246 g/mol. The van der Waals surface area contributed by atoms with E-state index in [0.717, 1.165) is 12.1 Å². The number of nitrogens with zero attached hydrogens (tertiary/aromatic N) is 1. The summed E-state index contributed by atoms with van der Waals surface area (Å²) in [5.41, 5.74) is 0.956. The lowest BCUT2D eigenvalue weighted by atomic mass is 10.1. The molecule has 0 amide bonds. The molecule has 1 heterocycles. The van der Waals surface area contributed by atoms with Gasteiger partial charge in [-0.25, -0.2) is 0 Å². The Morgan fingerprint density at radius 1 is 1.42 bits per heavy atom. The second kappa shape index (κ2) is 5.00. The molecule has 0 bridgehead atoms. The number of methoxy groups -OCH3 is 1. The van der Waals surface area contributed by atoms with Gasteiger partial charge in [0, 0.05) is 12.6 Å². The molecule has 5 nitrogen and oxygen atoms in total. The Kier molecular flexibility index (Phi) is 3.35. The van der Waals surface area contributed by atoms with E-state index in [1.165, 1.54) is 20.0 Å². The number of benzene rings is 1. The van der Waals surface area contributed by atoms with Crippen LogP contribution in [0.25, 0.3) is 0 Å². The minimum atomic E-state index is -0.154. The Morgan fingerprint density at radius 2 is 2.21 bits per heavy atom. The third-order valence-corrected chi connectivity index (χ3v) is 3.75. The largest absolute Gasteiger partial charge is 0.504 e. The molecule has 1 saturated carbocycles. The number of aliphatic hydroxyl groups excluding tert-OH is 1. The number of ether oxygens (including phenoxy) is 2. The zero-order chi connectivity index (χ0) is 13.4. The van der Waals surface area contributed by atoms with Crippen molar-refractivity contribution >= 4 is 0 Å². The van der Waals surface area contributed by atoms with Gasteiger partial charge >= 0.3 is 0 Å². The molecule has 1 aliphatic heterocycles. The van der Waals surface area contributed by atoms with Gasteiger partial charge in [-0.05, 0) is 30.5 Å². The van der Waals surface area contributed by atoms with Crippen LogP contribution < -0.4 is 4.74 Å². The van der Waals surface area contributed by atoms with Crippen molar-refractivity contribution in [2.45, 2.75) is 31.2 Å². The summed E-state index contributed by atoms with van der Waals surface area (Å²) in [6.45, 7) is 0.796. The van der Waals surface area contributed by atoms with Gasteiger partial charge in [0.05, 0.1) is 19.8 Å². The summed E-state index contributed by atoms with van der Waals surface area (Å²) in [5.74, 6) is 0.574. The van der Waals surface area contributed by atoms with E-state index in [9.17, 15) is 10.2 Å². The third kappa shape index (κ3) is 2.41. The molecule has 2 N–H and O–H groups in total. The van der Waals surface area contributed by atoms with Gasteiger partial charge in [0.1, 0.15) is 6.23 Å². The van der Waals surface area contributed by atoms with E-state index < -0.39 is 0 Å². The number of hydrogen-bond acceptors (Lipinski definition) is 5. The van der Waals surface area contributed by atoms with Crippen molar-refractivity contribution in [1.82, 2.24) is 4.90 Å². The average molecular weight is 265 g/mol. The van der Waals surface area contributed by atoms with E-state index in [-0.39, 0.29) is 24.7 Å². The van der Waals surface area contributed by atoms with Crippen molar-refractivity contribution in [2.75, 3.05) is 20.3 Å². The van der Waals surface area contributed by atoms with E-state index in [0.29, 0.717) is 11.8 Å². The van der Waals surface area contributed by atoms with Crippen LogP contribution in [0.15, 0.2) is 18.2 Å². The van der Waals surface area contributed by atoms with Gasteiger partial charge in [0.15, 0.2) is 11.5 Å². The Bertz CT molecular complexity index is 461. The smallest absolute Gasteiger partial charge is 0.160 e. The molecule has 1 aliphatic carbocycles. The number of hydrogen-bond donors (Lipinski definition) is 2. The van der Waals surface area contributed by atoms with Crippen LogP contribution in [0.1, 0.15) is 24.6 Å². The molecule has 0 radical (unpaired) electrons. The van der Waals surface area contributed by atoms with Crippen molar-refractivity contribution in [2.24, 2.45) is 0 Å². The summed E-state index contributed by atoms with van der Waals surface area (Å²) >= 11 is 0. The summed E-state index contributed by atoms with van der Waals surface area (Å²) in [4.78, 5) is 2.28. The Hall–Kier alpha value is -1.30. The maximum atomic E-state index is 9.64. The van der Waals surface area contributed by atoms with Crippen LogP contribution in [-0.2, 0) is 4.74 Å². The molecule has 0 spiro atoms. The van der Waals surface area contributed by atoms with Gasteiger partial charge in [-0.2, -0.15) is 0 Å². The average Bonchev–Trinajstić information content (AvgIpc) is 3.19. The highest BCUT2D eigenvalue weighted by molar-refractivity contribution is 5.42. The van der Waals surface area contributed by atoms with E-state index in [2.05, 4.69) is 4.90 Å². The molecule has 2 fully saturated rings. The molecule has 2 aliphatic rings. The molecule has 104 valence electrons. The Balaban J connectivity index is 1.86. The summed E-state index contributed by atoms with van der Waals surface area (Å²) in [6.07, 6.45) is 2.09. The highest BCUT2D eigenvalue weighted by atomic mass is 16.5. The monoisotopic (exact) mass is 265 g/mol. The molecule has 2 unspecified atom stereocenters. The third-order valence-electron chi connectivity index (χ3n) is 3.75. The lowest BCUT2D eigenvalue weighted by molar-refractivity contribution is -0.0217. The standard InChI is InChI=1S/C14H19NO4/c1-18-13-6-9(2-5-12(13)17)14-15(10-3-4-10)7-11(8-16)19-14/h2,5-6,10-11,14,16-17H,3-4,7-8H2,1H3. The van der Waals surface area contributed by atoms with Crippen LogP contribution in [0.2, 0.25) is 0 Å². The van der Waals surface area contributed by atoms with Gasteiger partial charge in [-0.3, -0.25) is 4.90 Å². The lowest BCUT2D eigenvalue weighted by Gasteiger charge is -2.23. The van der Waals surface area contributed by atoms with Crippen molar-refractivity contribution < 1.29 is 19.7 Å². The summed E-state index contributed by atoms with van der Waals surface area (Å²) in [5, 5.41) is 18.9. The number of phenolic OH excluding ortho intramolecular Hbond substituents is 1. The van der Waals surface area contributed by atoms with Gasteiger partial charge < -0.3 is 19.7 Å². The molecular formula is C14H19NO4. The quantitative estimate of drug-likeness (QED) is 0.858. The van der Waals surface area contributed by atoms with Crippen molar-refractivity contribution in [1.29, 1.82) is 0 Å². The SMILES string of the molecule is COc1cc(C2OC(CO)CN2C2CC2)ccc1O. The molecule has 5 heteroatoms. The molecule has 19 heavy (non-hydrogen) atoms. The van der Waals surface area contributed by atoms with E-state index in [1.54, 1.807) is 12.1 Å². The van der Waals surface area contributed by atoms with Crippen molar-refractivity contribution in [3.63, 3.8) is 0 Å². The van der Waals surface area contributed by atoms with Crippen LogP contribution in [0.4, 0.5) is 0 Å². The highest BCUT2D eigenvalue weighted by Crippen LogP contribution is 2.41. The predicted molar refractivity (Wildman–Crippen MR) is 69.1 cm³/mol. The highest BCUT2D eigenvalue weighted by Gasteiger charge is 2.42. The lowest BCUT2D eigenvalue weighted by Crippen LogP contribution is -2.27. The van der Waals surface area contributed by atoms with Crippen LogP contribution >= 0.6 is 0 Å².